The van der Waals surface area contributed by atoms with Crippen molar-refractivity contribution in [3.05, 3.63) is 102 Å². The first-order valence-corrected chi connectivity index (χ1v) is 20.3. The molecule has 0 aliphatic rings. The van der Waals surface area contributed by atoms with Crippen molar-refractivity contribution in [1.82, 2.24) is 37.2 Å². The quantitative estimate of drug-likeness (QED) is 0.0505. The van der Waals surface area contributed by atoms with Crippen LogP contribution in [0.2, 0.25) is 0 Å². The molecule has 3 rings (SSSR count). The number of rotatable bonds is 25. The predicted molar refractivity (Wildman–Crippen MR) is 227 cm³/mol. The number of hydrogen-bond donors (Lipinski definition) is 10. The van der Waals surface area contributed by atoms with E-state index in [1.165, 1.54) is 38.1 Å². The number of carbonyl (C=O) groups excluding carboxylic acids is 8. The first-order valence-electron chi connectivity index (χ1n) is 20.3. The van der Waals surface area contributed by atoms with Crippen molar-refractivity contribution < 1.29 is 53.7 Å². The van der Waals surface area contributed by atoms with Gasteiger partial charge in [-0.05, 0) is 49.1 Å². The van der Waals surface area contributed by atoms with E-state index in [1.54, 1.807) is 60.7 Å². The number of phenols is 1. The molecule has 18 nitrogen and oxygen atoms in total. The minimum Gasteiger partial charge on any atom is -0.508 e. The van der Waals surface area contributed by atoms with Gasteiger partial charge in [0.2, 0.25) is 41.4 Å². The molecule has 0 heterocycles. The fraction of sp³-hybridized carbons (Fsp3) is 0.409. The van der Waals surface area contributed by atoms with Crippen LogP contribution >= 0.6 is 0 Å². The van der Waals surface area contributed by atoms with Crippen LogP contribution in [-0.2, 0) is 57.6 Å². The van der Waals surface area contributed by atoms with Crippen molar-refractivity contribution in [2.75, 3.05) is 19.7 Å². The van der Waals surface area contributed by atoms with Crippen molar-refractivity contribution in [3.8, 4) is 5.75 Å². The van der Waals surface area contributed by atoms with Gasteiger partial charge < -0.3 is 52.5 Å². The summed E-state index contributed by atoms with van der Waals surface area (Å²) in [5.74, 6) is -5.76. The fourth-order valence-electron chi connectivity index (χ4n) is 6.04. The second-order valence-electron chi connectivity index (χ2n) is 14.7. The lowest BCUT2D eigenvalue weighted by Crippen LogP contribution is -2.60. The zero-order valence-electron chi connectivity index (χ0n) is 35.0. The number of hydrogen-bond acceptors (Lipinski definition) is 11. The maximum Gasteiger partial charge on any atom is 0.245 e. The van der Waals surface area contributed by atoms with Crippen LogP contribution in [0.25, 0.3) is 0 Å². The second kappa shape index (κ2) is 25.8. The van der Waals surface area contributed by atoms with Gasteiger partial charge in [0.25, 0.3) is 0 Å². The molecule has 3 aromatic carbocycles. The number of aliphatic hydroxyl groups excluding tert-OH is 2. The summed E-state index contributed by atoms with van der Waals surface area (Å²) in [6, 6.07) is 16.7. The third kappa shape index (κ3) is 17.5. The van der Waals surface area contributed by atoms with Crippen molar-refractivity contribution in [1.29, 1.82) is 0 Å². The summed E-state index contributed by atoms with van der Waals surface area (Å²) in [5, 5.41) is 47.1. The molecule has 18 heteroatoms. The molecule has 6 unspecified atom stereocenters. The first kappa shape index (κ1) is 49.7. The standard InChI is InChI=1S/C44H57N7O11/c1-4-5-16-37(56)51-40(28(3)54)44(62)50-35(22-30-14-10-7-11-15-30)43(61)49-34(21-29-12-8-6-9-13-29)42(60)48-33(23-31-17-19-32(55)20-18-31)41(59)46-24-38(57)45-25-39(58)47-36(26-52)27(2)53/h6-15,17-20,28,33-36,40,52,54-55H,4-5,16,21-26H2,1-3H3,(H,45,57)(H,46,59)(H,47,58)(H,48,60)(H,49,61)(H,50,62)(H,51,56). The molecule has 10 N–H and O–H groups in total. The Morgan fingerprint density at radius 2 is 1.02 bits per heavy atom. The van der Waals surface area contributed by atoms with Crippen molar-refractivity contribution in [2.45, 2.75) is 95.6 Å². The van der Waals surface area contributed by atoms with Gasteiger partial charge in [0.15, 0.2) is 5.78 Å². The van der Waals surface area contributed by atoms with E-state index < -0.39 is 103 Å². The molecule has 0 aliphatic carbocycles. The summed E-state index contributed by atoms with van der Waals surface area (Å²) < 4.78 is 0. The van der Waals surface area contributed by atoms with Gasteiger partial charge in [-0.1, -0.05) is 86.1 Å². The predicted octanol–water partition coefficient (Wildman–Crippen LogP) is -0.771. The normalized spacial score (nSPS) is 13.7. The smallest absolute Gasteiger partial charge is 0.245 e. The van der Waals surface area contributed by atoms with Gasteiger partial charge in [0.1, 0.15) is 36.0 Å². The van der Waals surface area contributed by atoms with Crippen molar-refractivity contribution in [3.63, 3.8) is 0 Å². The molecule has 0 bridgehead atoms. The number of amides is 7. The lowest BCUT2D eigenvalue weighted by Gasteiger charge is -2.27. The molecule has 0 aliphatic heterocycles. The Hall–Kier alpha value is -6.66. The monoisotopic (exact) mass is 859 g/mol. The molecule has 62 heavy (non-hydrogen) atoms. The molecule has 7 amide bonds. The van der Waals surface area contributed by atoms with E-state index in [4.69, 9.17) is 0 Å². The molecule has 0 radical (unpaired) electrons. The van der Waals surface area contributed by atoms with Gasteiger partial charge in [-0.25, -0.2) is 0 Å². The van der Waals surface area contributed by atoms with E-state index in [0.717, 1.165) is 6.42 Å². The molecule has 0 fully saturated rings. The van der Waals surface area contributed by atoms with Crippen LogP contribution in [-0.4, -0.2) is 118 Å². The highest BCUT2D eigenvalue weighted by molar-refractivity contribution is 5.97. The Kier molecular flexibility index (Phi) is 20.7. The highest BCUT2D eigenvalue weighted by atomic mass is 16.3. The van der Waals surface area contributed by atoms with Crippen LogP contribution in [0.15, 0.2) is 84.9 Å². The summed E-state index contributed by atoms with van der Waals surface area (Å²) in [6.07, 6.45) is -0.126. The summed E-state index contributed by atoms with van der Waals surface area (Å²) in [4.78, 5) is 105. The molecule has 0 saturated heterocycles. The Morgan fingerprint density at radius 1 is 0.548 bits per heavy atom. The third-order valence-electron chi connectivity index (χ3n) is 9.56. The van der Waals surface area contributed by atoms with Gasteiger partial charge in [-0.3, -0.25) is 38.4 Å². The molecule has 0 aromatic heterocycles. The van der Waals surface area contributed by atoms with Crippen LogP contribution in [0.4, 0.5) is 0 Å². The van der Waals surface area contributed by atoms with Crippen molar-refractivity contribution in [2.24, 2.45) is 0 Å². The zero-order chi connectivity index (χ0) is 45.6. The molecule has 0 spiro atoms. The Balaban J connectivity index is 1.86. The maximum atomic E-state index is 14.2. The highest BCUT2D eigenvalue weighted by Gasteiger charge is 2.33. The number of Topliss-reactive ketones (excluding diaryl/α,β-unsaturated/α-hetero) is 1. The largest absolute Gasteiger partial charge is 0.508 e. The summed E-state index contributed by atoms with van der Waals surface area (Å²) in [6.45, 7) is 2.59. The average molecular weight is 860 g/mol. The number of carbonyl (C=O) groups is 8. The topological polar surface area (TPSA) is 281 Å². The number of aromatic hydroxyl groups is 1. The lowest BCUT2D eigenvalue weighted by molar-refractivity contribution is -0.135. The van der Waals surface area contributed by atoms with Crippen LogP contribution in [0.3, 0.4) is 0 Å². The molecule has 0 saturated carbocycles. The number of aliphatic hydroxyl groups is 2. The Labute approximate surface area is 360 Å². The second-order valence-corrected chi connectivity index (χ2v) is 14.7. The van der Waals surface area contributed by atoms with E-state index in [1.807, 2.05) is 6.92 Å². The summed E-state index contributed by atoms with van der Waals surface area (Å²) in [7, 11) is 0. The van der Waals surface area contributed by atoms with Crippen LogP contribution in [0.1, 0.15) is 56.7 Å². The Bertz CT molecular complexity index is 1960. The summed E-state index contributed by atoms with van der Waals surface area (Å²) in [5.41, 5.74) is 1.80. The maximum absolute atomic E-state index is 14.2. The van der Waals surface area contributed by atoms with Gasteiger partial charge in [-0.15, -0.1) is 0 Å². The lowest BCUT2D eigenvalue weighted by atomic mass is 10.0. The fourth-order valence-corrected chi connectivity index (χ4v) is 6.04. The van der Waals surface area contributed by atoms with Crippen LogP contribution < -0.4 is 37.2 Å². The number of ketones is 1. The number of benzene rings is 3. The molecule has 334 valence electrons. The van der Waals surface area contributed by atoms with E-state index in [0.29, 0.717) is 23.1 Å². The average Bonchev–Trinajstić information content (AvgIpc) is 3.25. The van der Waals surface area contributed by atoms with E-state index in [-0.39, 0.29) is 31.4 Å². The van der Waals surface area contributed by atoms with E-state index in [9.17, 15) is 53.7 Å². The van der Waals surface area contributed by atoms with Gasteiger partial charge in [0.05, 0.1) is 25.8 Å². The van der Waals surface area contributed by atoms with E-state index in [2.05, 4.69) is 37.2 Å². The molecule has 6 atom stereocenters. The molecular weight excluding hydrogens is 803 g/mol. The minimum atomic E-state index is -1.39. The molecule has 3 aromatic rings. The van der Waals surface area contributed by atoms with Gasteiger partial charge in [0, 0.05) is 25.7 Å². The highest BCUT2D eigenvalue weighted by Crippen LogP contribution is 2.13. The SMILES string of the molecule is CCCCC(=O)NC(C(=O)NC(Cc1ccccc1)C(=O)NC(Cc1ccccc1)C(=O)NC(Cc1ccc(O)cc1)C(=O)NCC(=O)NCC(=O)NC(CO)C(C)=O)C(C)O. The van der Waals surface area contributed by atoms with Crippen LogP contribution in [0.5, 0.6) is 5.75 Å². The van der Waals surface area contributed by atoms with E-state index >= 15 is 0 Å². The number of unbranched alkanes of at least 4 members (excludes halogenated alkanes) is 1. The summed E-state index contributed by atoms with van der Waals surface area (Å²) >= 11 is 0. The van der Waals surface area contributed by atoms with Gasteiger partial charge in [-0.2, -0.15) is 0 Å². The minimum absolute atomic E-state index is 0.0389. The third-order valence-corrected chi connectivity index (χ3v) is 9.56. The first-order chi connectivity index (χ1) is 29.6. The Morgan fingerprint density at radius 3 is 1.48 bits per heavy atom. The van der Waals surface area contributed by atoms with Gasteiger partial charge >= 0.3 is 0 Å². The zero-order valence-corrected chi connectivity index (χ0v) is 35.0. The van der Waals surface area contributed by atoms with Crippen molar-refractivity contribution >= 4 is 47.1 Å². The number of phenolic OH excluding ortho intramolecular Hbond substituents is 1. The van der Waals surface area contributed by atoms with Crippen LogP contribution in [0, 0.1) is 0 Å². The number of nitrogens with one attached hydrogen (secondary N) is 7. The molecular formula is C44H57N7O11.